The number of hydrogen-bond acceptors (Lipinski definition) is 3. The van der Waals surface area contributed by atoms with Gasteiger partial charge in [0.25, 0.3) is 0 Å². The fourth-order valence-electron chi connectivity index (χ4n) is 3.68. The predicted molar refractivity (Wildman–Crippen MR) is 102 cm³/mol. The SMILES string of the molecule is CC1CCC(CCc2ccc(C(=O)Oc3ccc(C#N)c(F)c3)c(F)c2)CC1. The first-order valence-corrected chi connectivity index (χ1v) is 9.66. The van der Waals surface area contributed by atoms with Crippen molar-refractivity contribution in [3.05, 3.63) is 64.7 Å². The zero-order valence-electron chi connectivity index (χ0n) is 15.9. The van der Waals surface area contributed by atoms with E-state index >= 15 is 0 Å². The maximum absolute atomic E-state index is 14.4. The minimum absolute atomic E-state index is 0.0727. The smallest absolute Gasteiger partial charge is 0.346 e. The van der Waals surface area contributed by atoms with Gasteiger partial charge in [0.05, 0.1) is 11.1 Å². The Kier molecular flexibility index (Phi) is 6.41. The van der Waals surface area contributed by atoms with Gasteiger partial charge in [-0.3, -0.25) is 0 Å². The normalized spacial score (nSPS) is 19.1. The van der Waals surface area contributed by atoms with E-state index in [1.165, 1.54) is 49.9 Å². The summed E-state index contributed by atoms with van der Waals surface area (Å²) in [5.41, 5.74) is 0.514. The lowest BCUT2D eigenvalue weighted by Crippen LogP contribution is -2.13. The zero-order chi connectivity index (χ0) is 20.1. The van der Waals surface area contributed by atoms with Gasteiger partial charge in [-0.25, -0.2) is 13.6 Å². The molecule has 0 N–H and O–H groups in total. The maximum atomic E-state index is 14.4. The van der Waals surface area contributed by atoms with E-state index in [4.69, 9.17) is 10.00 Å². The van der Waals surface area contributed by atoms with Crippen LogP contribution in [0, 0.1) is 34.8 Å². The summed E-state index contributed by atoms with van der Waals surface area (Å²) in [7, 11) is 0. The topological polar surface area (TPSA) is 50.1 Å². The summed E-state index contributed by atoms with van der Waals surface area (Å²) in [5.74, 6) is -0.903. The van der Waals surface area contributed by atoms with Crippen molar-refractivity contribution >= 4 is 5.97 Å². The van der Waals surface area contributed by atoms with Gasteiger partial charge >= 0.3 is 5.97 Å². The summed E-state index contributed by atoms with van der Waals surface area (Å²) in [6.45, 7) is 2.29. The number of halogens is 2. The summed E-state index contributed by atoms with van der Waals surface area (Å²) in [6.07, 6.45) is 6.80. The fourth-order valence-corrected chi connectivity index (χ4v) is 3.68. The summed E-state index contributed by atoms with van der Waals surface area (Å²) in [6, 6.07) is 9.67. The average molecular weight is 383 g/mol. The molecule has 3 rings (SSSR count). The molecule has 146 valence electrons. The zero-order valence-corrected chi connectivity index (χ0v) is 15.9. The van der Waals surface area contributed by atoms with E-state index in [-0.39, 0.29) is 16.9 Å². The number of nitrogens with zero attached hydrogens (tertiary/aromatic N) is 1. The molecular formula is C23H23F2NO2. The second kappa shape index (κ2) is 8.97. The molecule has 0 aliphatic heterocycles. The summed E-state index contributed by atoms with van der Waals surface area (Å²) in [5, 5.41) is 8.72. The van der Waals surface area contributed by atoms with E-state index in [0.717, 1.165) is 30.4 Å². The van der Waals surface area contributed by atoms with Crippen LogP contribution in [0.1, 0.15) is 60.5 Å². The molecule has 0 amide bonds. The first-order chi connectivity index (χ1) is 13.5. The number of ether oxygens (including phenoxy) is 1. The molecule has 0 saturated heterocycles. The lowest BCUT2D eigenvalue weighted by molar-refractivity contribution is 0.0729. The van der Waals surface area contributed by atoms with Gasteiger partial charge in [-0.1, -0.05) is 38.7 Å². The third-order valence-corrected chi connectivity index (χ3v) is 5.50. The molecule has 1 fully saturated rings. The van der Waals surface area contributed by atoms with Crippen LogP contribution in [0.3, 0.4) is 0 Å². The van der Waals surface area contributed by atoms with Crippen LogP contribution in [0.4, 0.5) is 8.78 Å². The summed E-state index contributed by atoms with van der Waals surface area (Å²) >= 11 is 0. The van der Waals surface area contributed by atoms with Crippen LogP contribution in [0.25, 0.3) is 0 Å². The van der Waals surface area contributed by atoms with E-state index in [9.17, 15) is 13.6 Å². The molecule has 1 aliphatic rings. The van der Waals surface area contributed by atoms with Crippen molar-refractivity contribution in [2.75, 3.05) is 0 Å². The van der Waals surface area contributed by atoms with Crippen LogP contribution in [0.15, 0.2) is 36.4 Å². The van der Waals surface area contributed by atoms with Gasteiger partial charge < -0.3 is 4.74 Å². The molecule has 0 bridgehead atoms. The Labute approximate surface area is 163 Å². The Balaban J connectivity index is 1.61. The lowest BCUT2D eigenvalue weighted by Gasteiger charge is -2.26. The minimum Gasteiger partial charge on any atom is -0.423 e. The lowest BCUT2D eigenvalue weighted by atomic mass is 9.80. The first kappa shape index (κ1) is 20.0. The Bertz CT molecular complexity index is 896. The van der Waals surface area contributed by atoms with E-state index in [1.54, 1.807) is 12.1 Å². The highest BCUT2D eigenvalue weighted by Crippen LogP contribution is 2.31. The molecule has 5 heteroatoms. The fraction of sp³-hybridized carbons (Fsp3) is 0.391. The minimum atomic E-state index is -0.894. The van der Waals surface area contributed by atoms with Gasteiger partial charge in [-0.05, 0) is 54.5 Å². The molecule has 0 spiro atoms. The third-order valence-electron chi connectivity index (χ3n) is 5.50. The standard InChI is InChI=1S/C23H23F2NO2/c1-15-2-4-16(5-3-15)6-7-17-8-11-20(22(25)12-17)23(27)28-19-10-9-18(14-26)21(24)13-19/h8-13,15-16H,2-7H2,1H3. The summed E-state index contributed by atoms with van der Waals surface area (Å²) in [4.78, 5) is 12.2. The number of aryl methyl sites for hydroxylation is 1. The Morgan fingerprint density at radius 3 is 2.50 bits per heavy atom. The van der Waals surface area contributed by atoms with Crippen molar-refractivity contribution in [2.45, 2.75) is 45.4 Å². The average Bonchev–Trinajstić information content (AvgIpc) is 2.67. The van der Waals surface area contributed by atoms with Gasteiger partial charge in [0.2, 0.25) is 0 Å². The number of carbonyl (C=O) groups excluding carboxylic acids is 1. The molecule has 0 aromatic heterocycles. The second-order valence-corrected chi connectivity index (χ2v) is 7.62. The number of hydrogen-bond donors (Lipinski definition) is 0. The highest BCUT2D eigenvalue weighted by atomic mass is 19.1. The van der Waals surface area contributed by atoms with Crippen LogP contribution >= 0.6 is 0 Å². The molecule has 2 aromatic rings. The molecular weight excluding hydrogens is 360 g/mol. The summed E-state index contributed by atoms with van der Waals surface area (Å²) < 4.78 is 33.0. The molecule has 2 aromatic carbocycles. The van der Waals surface area contributed by atoms with Crippen molar-refractivity contribution in [1.29, 1.82) is 5.26 Å². The number of esters is 1. The van der Waals surface area contributed by atoms with Crippen molar-refractivity contribution < 1.29 is 18.3 Å². The van der Waals surface area contributed by atoms with E-state index in [0.29, 0.717) is 5.92 Å². The Morgan fingerprint density at radius 2 is 1.86 bits per heavy atom. The Morgan fingerprint density at radius 1 is 1.11 bits per heavy atom. The predicted octanol–water partition coefficient (Wildman–Crippen LogP) is 5.81. The molecule has 0 radical (unpaired) electrons. The first-order valence-electron chi connectivity index (χ1n) is 9.66. The van der Waals surface area contributed by atoms with Crippen molar-refractivity contribution in [3.63, 3.8) is 0 Å². The maximum Gasteiger partial charge on any atom is 0.346 e. The largest absolute Gasteiger partial charge is 0.423 e. The number of nitriles is 1. The Hall–Kier alpha value is -2.74. The molecule has 0 atom stereocenters. The second-order valence-electron chi connectivity index (χ2n) is 7.62. The van der Waals surface area contributed by atoms with Crippen LogP contribution < -0.4 is 4.74 Å². The van der Waals surface area contributed by atoms with Crippen LogP contribution in [-0.2, 0) is 6.42 Å². The van der Waals surface area contributed by atoms with E-state index < -0.39 is 17.6 Å². The van der Waals surface area contributed by atoms with Crippen molar-refractivity contribution in [2.24, 2.45) is 11.8 Å². The van der Waals surface area contributed by atoms with Gasteiger partial charge in [0.15, 0.2) is 0 Å². The third kappa shape index (κ3) is 4.95. The number of rotatable bonds is 5. The van der Waals surface area contributed by atoms with Crippen molar-refractivity contribution in [1.82, 2.24) is 0 Å². The molecule has 0 unspecified atom stereocenters. The van der Waals surface area contributed by atoms with Crippen LogP contribution in [0.2, 0.25) is 0 Å². The van der Waals surface area contributed by atoms with Crippen LogP contribution in [-0.4, -0.2) is 5.97 Å². The van der Waals surface area contributed by atoms with Crippen LogP contribution in [0.5, 0.6) is 5.75 Å². The van der Waals surface area contributed by atoms with E-state index in [2.05, 4.69) is 6.92 Å². The molecule has 1 aliphatic carbocycles. The number of benzene rings is 2. The highest BCUT2D eigenvalue weighted by molar-refractivity contribution is 5.91. The van der Waals surface area contributed by atoms with E-state index in [1.807, 2.05) is 0 Å². The molecule has 1 saturated carbocycles. The monoisotopic (exact) mass is 383 g/mol. The quantitative estimate of drug-likeness (QED) is 0.483. The van der Waals surface area contributed by atoms with Gasteiger partial charge in [0, 0.05) is 6.07 Å². The van der Waals surface area contributed by atoms with Gasteiger partial charge in [-0.15, -0.1) is 0 Å². The van der Waals surface area contributed by atoms with Gasteiger partial charge in [-0.2, -0.15) is 5.26 Å². The number of carbonyl (C=O) groups is 1. The van der Waals surface area contributed by atoms with Gasteiger partial charge in [0.1, 0.15) is 23.5 Å². The molecule has 3 nitrogen and oxygen atoms in total. The molecule has 28 heavy (non-hydrogen) atoms. The molecule has 0 heterocycles. The highest BCUT2D eigenvalue weighted by Gasteiger charge is 2.19. The van der Waals surface area contributed by atoms with Crippen molar-refractivity contribution in [3.8, 4) is 11.8 Å².